The van der Waals surface area contributed by atoms with E-state index in [-0.39, 0.29) is 11.9 Å². The molecule has 0 aliphatic rings. The number of aromatic amines is 1. The van der Waals surface area contributed by atoms with Crippen LogP contribution in [0.3, 0.4) is 0 Å². The number of aromatic nitrogens is 6. The number of hydrogen-bond donors (Lipinski definition) is 2. The molecule has 0 atom stereocenters. The highest BCUT2D eigenvalue weighted by Crippen LogP contribution is 2.12. The van der Waals surface area contributed by atoms with E-state index < -0.39 is 0 Å². The van der Waals surface area contributed by atoms with Gasteiger partial charge in [-0.25, -0.2) is 9.50 Å². The largest absolute Gasteiger partial charge is 0.289 e. The first-order chi connectivity index (χ1) is 9.54. The van der Waals surface area contributed by atoms with Gasteiger partial charge < -0.3 is 0 Å². The minimum absolute atomic E-state index is 0.239. The highest BCUT2D eigenvalue weighted by atomic mass is 16.1. The van der Waals surface area contributed by atoms with Crippen LogP contribution in [-0.4, -0.2) is 35.7 Å². The van der Waals surface area contributed by atoms with Crippen LogP contribution < -0.4 is 5.32 Å². The molecule has 0 aliphatic carbocycles. The summed E-state index contributed by atoms with van der Waals surface area (Å²) in [6, 6.07) is 1.85. The van der Waals surface area contributed by atoms with Crippen molar-refractivity contribution >= 4 is 17.5 Å². The molecule has 2 N–H and O–H groups in total. The molecular weight excluding hydrogens is 258 g/mol. The summed E-state index contributed by atoms with van der Waals surface area (Å²) in [7, 11) is 0. The van der Waals surface area contributed by atoms with E-state index in [1.54, 1.807) is 11.4 Å². The van der Waals surface area contributed by atoms with Crippen LogP contribution in [0, 0.1) is 20.8 Å². The third-order valence-corrected chi connectivity index (χ3v) is 2.91. The van der Waals surface area contributed by atoms with Crippen molar-refractivity contribution in [3.63, 3.8) is 0 Å². The Kier molecular flexibility index (Phi) is 2.70. The molecule has 3 heterocycles. The van der Waals surface area contributed by atoms with Gasteiger partial charge in [0.15, 0.2) is 5.65 Å². The lowest BCUT2D eigenvalue weighted by molar-refractivity contribution is 0.102. The van der Waals surface area contributed by atoms with Gasteiger partial charge in [-0.05, 0) is 20.8 Å². The predicted octanol–water partition coefficient (Wildman–Crippen LogP) is 1.02. The summed E-state index contributed by atoms with van der Waals surface area (Å²) in [5, 5.41) is 13.5. The van der Waals surface area contributed by atoms with Crippen molar-refractivity contribution in [3.8, 4) is 0 Å². The third kappa shape index (κ3) is 2.00. The van der Waals surface area contributed by atoms with Gasteiger partial charge in [0.05, 0.1) is 17.0 Å². The maximum atomic E-state index is 12.2. The Morgan fingerprint density at radius 3 is 2.85 bits per heavy atom. The van der Waals surface area contributed by atoms with Crippen molar-refractivity contribution in [3.05, 3.63) is 35.0 Å². The van der Waals surface area contributed by atoms with Crippen LogP contribution in [0.25, 0.3) is 5.65 Å². The monoisotopic (exact) mass is 271 g/mol. The number of rotatable bonds is 2. The Morgan fingerprint density at radius 1 is 1.35 bits per heavy atom. The first-order valence-electron chi connectivity index (χ1n) is 6.07. The zero-order valence-electron chi connectivity index (χ0n) is 11.3. The highest BCUT2D eigenvalue weighted by molar-refractivity contribution is 6.04. The number of anilines is 1. The van der Waals surface area contributed by atoms with Gasteiger partial charge in [-0.15, -0.1) is 5.10 Å². The third-order valence-electron chi connectivity index (χ3n) is 2.91. The summed E-state index contributed by atoms with van der Waals surface area (Å²) in [4.78, 5) is 20.5. The van der Waals surface area contributed by atoms with Crippen LogP contribution in [0.15, 0.2) is 12.3 Å². The zero-order chi connectivity index (χ0) is 14.3. The van der Waals surface area contributed by atoms with E-state index in [1.807, 2.05) is 19.9 Å². The van der Waals surface area contributed by atoms with E-state index in [9.17, 15) is 4.79 Å². The average molecular weight is 271 g/mol. The number of carbonyl (C=O) groups is 1. The number of H-pyrrole nitrogens is 1. The Labute approximate surface area is 114 Å². The highest BCUT2D eigenvalue weighted by Gasteiger charge is 2.15. The molecule has 0 unspecified atom stereocenters. The summed E-state index contributed by atoms with van der Waals surface area (Å²) >= 11 is 0. The molecule has 20 heavy (non-hydrogen) atoms. The maximum Gasteiger partial charge on any atom is 0.261 e. The smallest absolute Gasteiger partial charge is 0.261 e. The van der Waals surface area contributed by atoms with E-state index in [4.69, 9.17) is 0 Å². The Balaban J connectivity index is 1.97. The second-order valence-corrected chi connectivity index (χ2v) is 4.51. The van der Waals surface area contributed by atoms with Crippen molar-refractivity contribution in [2.75, 3.05) is 5.32 Å². The van der Waals surface area contributed by atoms with E-state index >= 15 is 0 Å². The number of carbonyl (C=O) groups excluding carboxylic acids is 1. The lowest BCUT2D eigenvalue weighted by atomic mass is 10.2. The van der Waals surface area contributed by atoms with E-state index in [1.165, 1.54) is 6.20 Å². The zero-order valence-corrected chi connectivity index (χ0v) is 11.3. The molecule has 0 bridgehead atoms. The van der Waals surface area contributed by atoms with Gasteiger partial charge in [0.2, 0.25) is 5.95 Å². The average Bonchev–Trinajstić information content (AvgIpc) is 2.95. The maximum absolute atomic E-state index is 12.2. The van der Waals surface area contributed by atoms with Crippen molar-refractivity contribution < 1.29 is 4.79 Å². The van der Waals surface area contributed by atoms with Gasteiger partial charge in [-0.2, -0.15) is 10.1 Å². The molecule has 3 aromatic heterocycles. The topological polar surface area (TPSA) is 101 Å². The summed E-state index contributed by atoms with van der Waals surface area (Å²) in [5.41, 5.74) is 2.71. The summed E-state index contributed by atoms with van der Waals surface area (Å²) in [6.45, 7) is 5.46. The molecule has 0 spiro atoms. The molecular formula is C12H13N7O. The summed E-state index contributed by atoms with van der Waals surface area (Å²) in [5.74, 6) is 0.556. The van der Waals surface area contributed by atoms with Gasteiger partial charge >= 0.3 is 0 Å². The molecule has 1 amide bonds. The second-order valence-electron chi connectivity index (χ2n) is 4.51. The van der Waals surface area contributed by atoms with Gasteiger partial charge in [0.25, 0.3) is 5.91 Å². The lowest BCUT2D eigenvalue weighted by Gasteiger charge is -2.06. The molecule has 0 fully saturated rings. The first kappa shape index (κ1) is 12.3. The molecule has 0 aromatic carbocycles. The number of aryl methyl sites for hydroxylation is 3. The van der Waals surface area contributed by atoms with Gasteiger partial charge in [-0.3, -0.25) is 15.2 Å². The number of hydrogen-bond acceptors (Lipinski definition) is 5. The van der Waals surface area contributed by atoms with Gasteiger partial charge in [0, 0.05) is 12.3 Å². The fraction of sp³-hybridized carbons (Fsp3) is 0.250. The Bertz CT molecular complexity index is 801. The van der Waals surface area contributed by atoms with Crippen molar-refractivity contribution in [2.24, 2.45) is 0 Å². The van der Waals surface area contributed by atoms with E-state index in [2.05, 4.69) is 30.6 Å². The minimum Gasteiger partial charge on any atom is -0.289 e. The fourth-order valence-electron chi connectivity index (χ4n) is 1.95. The van der Waals surface area contributed by atoms with Crippen molar-refractivity contribution in [2.45, 2.75) is 20.8 Å². The van der Waals surface area contributed by atoms with Crippen molar-refractivity contribution in [1.29, 1.82) is 0 Å². The minimum atomic E-state index is -0.316. The first-order valence-corrected chi connectivity index (χ1v) is 6.07. The molecule has 3 aromatic rings. The normalized spacial score (nSPS) is 10.9. The van der Waals surface area contributed by atoms with Gasteiger partial charge in [0.1, 0.15) is 5.82 Å². The van der Waals surface area contributed by atoms with Crippen LogP contribution in [0.2, 0.25) is 0 Å². The van der Waals surface area contributed by atoms with Gasteiger partial charge in [-0.1, -0.05) is 0 Å². The predicted molar refractivity (Wildman–Crippen MR) is 71.5 cm³/mol. The molecule has 102 valence electrons. The standard InChI is InChI=1S/C12H13N7O/c1-6-4-10-13-5-9(7(2)19(10)18-6)11(20)15-12-14-8(3)16-17-12/h4-5H,1-3H3,(H2,14,15,16,17,20). The van der Waals surface area contributed by atoms with E-state index in [0.717, 1.165) is 5.69 Å². The molecule has 0 saturated carbocycles. The number of nitrogens with zero attached hydrogens (tertiary/aromatic N) is 5. The molecule has 8 nitrogen and oxygen atoms in total. The molecule has 8 heteroatoms. The van der Waals surface area contributed by atoms with E-state index in [0.29, 0.717) is 22.7 Å². The van der Waals surface area contributed by atoms with Crippen LogP contribution >= 0.6 is 0 Å². The molecule has 0 aliphatic heterocycles. The summed E-state index contributed by atoms with van der Waals surface area (Å²) in [6.07, 6.45) is 1.53. The fourth-order valence-corrected chi connectivity index (χ4v) is 1.95. The van der Waals surface area contributed by atoms with Crippen LogP contribution in [0.4, 0.5) is 5.95 Å². The number of amides is 1. The Hall–Kier alpha value is -2.77. The number of fused-ring (bicyclic) bond motifs is 1. The SMILES string of the molecule is Cc1cc2ncc(C(=O)Nc3n[nH]c(C)n3)c(C)n2n1. The van der Waals surface area contributed by atoms with Crippen LogP contribution in [0.5, 0.6) is 0 Å². The van der Waals surface area contributed by atoms with Crippen molar-refractivity contribution in [1.82, 2.24) is 29.8 Å². The van der Waals surface area contributed by atoms with Crippen LogP contribution in [-0.2, 0) is 0 Å². The lowest BCUT2D eigenvalue weighted by Crippen LogP contribution is -2.17. The second kappa shape index (κ2) is 4.41. The quantitative estimate of drug-likeness (QED) is 0.724. The molecule has 0 radical (unpaired) electrons. The Morgan fingerprint density at radius 2 is 2.15 bits per heavy atom. The summed E-state index contributed by atoms with van der Waals surface area (Å²) < 4.78 is 1.65. The molecule has 3 rings (SSSR count). The van der Waals surface area contributed by atoms with Crippen LogP contribution in [0.1, 0.15) is 27.6 Å². The molecule has 0 saturated heterocycles. The number of nitrogens with one attached hydrogen (secondary N) is 2.